The van der Waals surface area contributed by atoms with Gasteiger partial charge in [0.05, 0.1) is 5.60 Å². The molecule has 0 spiro atoms. The highest BCUT2D eigenvalue weighted by molar-refractivity contribution is 5.11. The molecule has 2 nitrogen and oxygen atoms in total. The van der Waals surface area contributed by atoms with E-state index >= 15 is 0 Å². The summed E-state index contributed by atoms with van der Waals surface area (Å²) in [6, 6.07) is 0.585. The van der Waals surface area contributed by atoms with Gasteiger partial charge in [-0.2, -0.15) is 0 Å². The zero-order valence-corrected chi connectivity index (χ0v) is 11.4. The number of nitrogens with one attached hydrogen (secondary N) is 1. The van der Waals surface area contributed by atoms with Crippen LogP contribution in [-0.4, -0.2) is 25.3 Å². The van der Waals surface area contributed by atoms with Crippen LogP contribution in [0.3, 0.4) is 0 Å². The summed E-state index contributed by atoms with van der Waals surface area (Å²) in [4.78, 5) is 0. The minimum atomic E-state index is 0.0442. The van der Waals surface area contributed by atoms with Crippen molar-refractivity contribution in [2.45, 2.75) is 59.6 Å². The Hall–Kier alpha value is -0.0800. The van der Waals surface area contributed by atoms with Crippen molar-refractivity contribution in [3.63, 3.8) is 0 Å². The van der Waals surface area contributed by atoms with Crippen molar-refractivity contribution in [3.8, 4) is 0 Å². The summed E-state index contributed by atoms with van der Waals surface area (Å²) in [6.45, 7) is 14.7. The van der Waals surface area contributed by atoms with Crippen LogP contribution in [0.5, 0.6) is 0 Å². The van der Waals surface area contributed by atoms with Gasteiger partial charge in [-0.1, -0.05) is 34.6 Å². The van der Waals surface area contributed by atoms with Crippen molar-refractivity contribution in [1.29, 1.82) is 0 Å². The fourth-order valence-corrected chi connectivity index (χ4v) is 2.25. The average molecular weight is 213 g/mol. The molecular weight excluding hydrogens is 186 g/mol. The minimum absolute atomic E-state index is 0.0442. The Morgan fingerprint density at radius 2 is 1.80 bits per heavy atom. The molecule has 0 radical (unpaired) electrons. The summed E-state index contributed by atoms with van der Waals surface area (Å²) in [6.07, 6.45) is 1.12. The molecule has 0 heterocycles. The molecule has 1 fully saturated rings. The molecule has 0 aromatic carbocycles. The van der Waals surface area contributed by atoms with Crippen LogP contribution >= 0.6 is 0 Å². The fourth-order valence-electron chi connectivity index (χ4n) is 2.25. The molecule has 0 amide bonds. The molecule has 1 aliphatic carbocycles. The first-order valence-corrected chi connectivity index (χ1v) is 5.91. The molecule has 1 saturated carbocycles. The van der Waals surface area contributed by atoms with Crippen LogP contribution in [0.25, 0.3) is 0 Å². The van der Waals surface area contributed by atoms with Gasteiger partial charge >= 0.3 is 0 Å². The summed E-state index contributed by atoms with van der Waals surface area (Å²) in [5.74, 6) is 0. The minimum Gasteiger partial charge on any atom is -0.378 e. The fraction of sp³-hybridized carbons (Fsp3) is 1.00. The normalized spacial score (nSPS) is 35.0. The first-order valence-electron chi connectivity index (χ1n) is 5.91. The monoisotopic (exact) mass is 213 g/mol. The van der Waals surface area contributed by atoms with E-state index < -0.39 is 0 Å². The molecule has 0 aromatic rings. The molecule has 1 rings (SSSR count). The molecular formula is C13H27NO. The zero-order valence-electron chi connectivity index (χ0n) is 11.4. The van der Waals surface area contributed by atoms with E-state index in [0.717, 1.165) is 13.0 Å². The largest absolute Gasteiger partial charge is 0.378 e. The average Bonchev–Trinajstić information content (AvgIpc) is 2.09. The molecule has 0 aromatic heterocycles. The Kier molecular flexibility index (Phi) is 3.24. The predicted molar refractivity (Wildman–Crippen MR) is 65.1 cm³/mol. The van der Waals surface area contributed by atoms with E-state index in [2.05, 4.69) is 46.9 Å². The van der Waals surface area contributed by atoms with Crippen LogP contribution < -0.4 is 5.32 Å². The Bertz CT molecular complexity index is 229. The first kappa shape index (κ1) is 13.0. The van der Waals surface area contributed by atoms with E-state index in [1.807, 2.05) is 7.11 Å². The lowest BCUT2D eigenvalue weighted by atomic mass is 9.55. The van der Waals surface area contributed by atoms with Crippen LogP contribution in [0, 0.1) is 10.8 Å². The highest BCUT2D eigenvalue weighted by Gasteiger charge is 2.57. The Balaban J connectivity index is 2.50. The summed E-state index contributed by atoms with van der Waals surface area (Å²) >= 11 is 0. The second kappa shape index (κ2) is 3.74. The third-order valence-corrected chi connectivity index (χ3v) is 4.16. The SMILES string of the molecule is COC1(C)CC(NCC(C)(C)C)C1(C)C. The number of rotatable bonds is 3. The predicted octanol–water partition coefficient (Wildman–Crippen LogP) is 2.83. The van der Waals surface area contributed by atoms with Crippen molar-refractivity contribution in [3.05, 3.63) is 0 Å². The number of methoxy groups -OCH3 is 1. The third-order valence-electron chi connectivity index (χ3n) is 4.16. The highest BCUT2D eigenvalue weighted by atomic mass is 16.5. The molecule has 2 atom stereocenters. The molecule has 1 N–H and O–H groups in total. The second-order valence-electron chi connectivity index (χ2n) is 6.85. The molecule has 0 saturated heterocycles. The van der Waals surface area contributed by atoms with Gasteiger partial charge < -0.3 is 10.1 Å². The van der Waals surface area contributed by atoms with E-state index in [9.17, 15) is 0 Å². The Morgan fingerprint density at radius 1 is 1.27 bits per heavy atom. The quantitative estimate of drug-likeness (QED) is 0.778. The van der Waals surface area contributed by atoms with Gasteiger partial charge in [-0.25, -0.2) is 0 Å². The summed E-state index contributed by atoms with van der Waals surface area (Å²) < 4.78 is 5.61. The van der Waals surface area contributed by atoms with Crippen LogP contribution in [0.4, 0.5) is 0 Å². The lowest BCUT2D eigenvalue weighted by Gasteiger charge is -2.59. The number of hydrogen-bond acceptors (Lipinski definition) is 2. The molecule has 0 aliphatic heterocycles. The Morgan fingerprint density at radius 3 is 2.13 bits per heavy atom. The van der Waals surface area contributed by atoms with E-state index in [0.29, 0.717) is 11.5 Å². The third kappa shape index (κ3) is 2.36. The molecule has 0 bridgehead atoms. The molecule has 15 heavy (non-hydrogen) atoms. The standard InChI is InChI=1S/C13H27NO/c1-11(2,3)9-14-10-8-13(6,15-7)12(10,4)5/h10,14H,8-9H2,1-7H3. The van der Waals surface area contributed by atoms with Gasteiger partial charge in [0.1, 0.15) is 0 Å². The van der Waals surface area contributed by atoms with E-state index in [4.69, 9.17) is 4.74 Å². The van der Waals surface area contributed by atoms with Gasteiger partial charge in [0, 0.05) is 25.1 Å². The first-order chi connectivity index (χ1) is 6.62. The zero-order chi connectivity index (χ0) is 11.9. The van der Waals surface area contributed by atoms with Crippen molar-refractivity contribution >= 4 is 0 Å². The summed E-state index contributed by atoms with van der Waals surface area (Å²) in [5, 5.41) is 3.66. The topological polar surface area (TPSA) is 21.3 Å². The van der Waals surface area contributed by atoms with E-state index in [1.165, 1.54) is 0 Å². The summed E-state index contributed by atoms with van der Waals surface area (Å²) in [7, 11) is 1.82. The molecule has 90 valence electrons. The molecule has 1 aliphatic rings. The number of hydrogen-bond donors (Lipinski definition) is 1. The molecule has 2 heteroatoms. The maximum absolute atomic E-state index is 5.61. The number of ether oxygens (including phenoxy) is 1. The van der Waals surface area contributed by atoms with Gasteiger partial charge in [-0.3, -0.25) is 0 Å². The van der Waals surface area contributed by atoms with Crippen LogP contribution in [0.15, 0.2) is 0 Å². The smallest absolute Gasteiger partial charge is 0.0731 e. The lowest BCUT2D eigenvalue weighted by Crippen LogP contribution is -2.68. The summed E-state index contributed by atoms with van der Waals surface area (Å²) in [5.41, 5.74) is 0.630. The van der Waals surface area contributed by atoms with E-state index in [-0.39, 0.29) is 11.0 Å². The van der Waals surface area contributed by atoms with Crippen molar-refractivity contribution in [2.24, 2.45) is 10.8 Å². The van der Waals surface area contributed by atoms with Crippen molar-refractivity contribution in [1.82, 2.24) is 5.32 Å². The Labute approximate surface area is 94.8 Å². The van der Waals surface area contributed by atoms with Crippen molar-refractivity contribution < 1.29 is 4.74 Å². The van der Waals surface area contributed by atoms with Crippen LogP contribution in [0.1, 0.15) is 48.0 Å². The molecule has 2 unspecified atom stereocenters. The van der Waals surface area contributed by atoms with Crippen LogP contribution in [-0.2, 0) is 4.74 Å². The highest BCUT2D eigenvalue weighted by Crippen LogP contribution is 2.51. The van der Waals surface area contributed by atoms with Gasteiger partial charge in [0.25, 0.3) is 0 Å². The van der Waals surface area contributed by atoms with Gasteiger partial charge in [0.15, 0.2) is 0 Å². The maximum atomic E-state index is 5.61. The van der Waals surface area contributed by atoms with E-state index in [1.54, 1.807) is 0 Å². The van der Waals surface area contributed by atoms with Gasteiger partial charge in [-0.15, -0.1) is 0 Å². The lowest BCUT2D eigenvalue weighted by molar-refractivity contribution is -0.181. The second-order valence-corrected chi connectivity index (χ2v) is 6.85. The maximum Gasteiger partial charge on any atom is 0.0731 e. The van der Waals surface area contributed by atoms with Gasteiger partial charge in [0.2, 0.25) is 0 Å². The van der Waals surface area contributed by atoms with Gasteiger partial charge in [-0.05, 0) is 18.8 Å². The van der Waals surface area contributed by atoms with Crippen molar-refractivity contribution in [2.75, 3.05) is 13.7 Å². The van der Waals surface area contributed by atoms with Crippen LogP contribution in [0.2, 0.25) is 0 Å².